The summed E-state index contributed by atoms with van der Waals surface area (Å²) in [5.41, 5.74) is 0.527. The van der Waals surface area contributed by atoms with E-state index in [4.69, 9.17) is 0 Å². The number of rotatable bonds is 6. The fraction of sp³-hybridized carbons (Fsp3) is 0.136. The van der Waals surface area contributed by atoms with Gasteiger partial charge in [-0.2, -0.15) is 0 Å². The normalized spacial score (nSPS) is 12.8. The number of Topliss-reactive ketones (excluding diaryl/α,β-unsaturated/α-hetero) is 1. The van der Waals surface area contributed by atoms with Gasteiger partial charge in [0, 0.05) is 17.8 Å². The van der Waals surface area contributed by atoms with Crippen molar-refractivity contribution in [3.8, 4) is 0 Å². The molecule has 0 bridgehead atoms. The van der Waals surface area contributed by atoms with Crippen molar-refractivity contribution < 1.29 is 14.0 Å². The summed E-state index contributed by atoms with van der Waals surface area (Å²) in [5.74, 6) is -1.70. The molecule has 2 aromatic carbocycles. The third-order valence-electron chi connectivity index (χ3n) is 4.41. The van der Waals surface area contributed by atoms with Crippen molar-refractivity contribution in [3.63, 3.8) is 0 Å². The van der Waals surface area contributed by atoms with Gasteiger partial charge < -0.3 is 5.32 Å². The molecule has 0 saturated heterocycles. The summed E-state index contributed by atoms with van der Waals surface area (Å²) in [7, 11) is 0. The van der Waals surface area contributed by atoms with Crippen molar-refractivity contribution >= 4 is 11.7 Å². The second-order valence-electron chi connectivity index (χ2n) is 6.36. The molecule has 0 aliphatic rings. The molecule has 142 valence electrons. The Bertz CT molecular complexity index is 1030. The molecule has 0 unspecified atom stereocenters. The number of halogens is 1. The molecule has 1 heterocycles. The molecule has 0 fully saturated rings. The summed E-state index contributed by atoms with van der Waals surface area (Å²) >= 11 is 0. The summed E-state index contributed by atoms with van der Waals surface area (Å²) in [5, 5.41) is 2.79. The van der Waals surface area contributed by atoms with Crippen LogP contribution in [0.15, 0.2) is 83.8 Å². The third kappa shape index (κ3) is 4.23. The van der Waals surface area contributed by atoms with Crippen LogP contribution in [0.2, 0.25) is 0 Å². The molecule has 0 aliphatic heterocycles. The average Bonchev–Trinajstić information content (AvgIpc) is 2.70. The van der Waals surface area contributed by atoms with Crippen molar-refractivity contribution in [2.45, 2.75) is 19.0 Å². The van der Waals surface area contributed by atoms with Gasteiger partial charge in [0.05, 0.1) is 6.04 Å². The molecular formula is C22H19FN2O3. The second kappa shape index (κ2) is 8.43. The predicted molar refractivity (Wildman–Crippen MR) is 103 cm³/mol. The highest BCUT2D eigenvalue weighted by Gasteiger charge is 2.31. The van der Waals surface area contributed by atoms with Crippen LogP contribution in [0.4, 0.5) is 4.39 Å². The second-order valence-corrected chi connectivity index (χ2v) is 6.36. The lowest BCUT2D eigenvalue weighted by Crippen LogP contribution is -2.42. The first-order valence-corrected chi connectivity index (χ1v) is 8.79. The van der Waals surface area contributed by atoms with Gasteiger partial charge in [-0.1, -0.05) is 36.4 Å². The van der Waals surface area contributed by atoms with Crippen LogP contribution in [0.25, 0.3) is 0 Å². The number of hydrogen-bond donors (Lipinski definition) is 1. The fourth-order valence-electron chi connectivity index (χ4n) is 2.91. The predicted octanol–water partition coefficient (Wildman–Crippen LogP) is 3.29. The minimum atomic E-state index is -1.40. The molecule has 6 heteroatoms. The van der Waals surface area contributed by atoms with Gasteiger partial charge in [-0.05, 0) is 42.8 Å². The fourth-order valence-corrected chi connectivity index (χ4v) is 2.91. The highest BCUT2D eigenvalue weighted by Crippen LogP contribution is 2.18. The summed E-state index contributed by atoms with van der Waals surface area (Å²) in [4.78, 5) is 38.3. The number of amides is 1. The maximum Gasteiger partial charge on any atom is 0.251 e. The molecule has 0 radical (unpaired) electrons. The average molecular weight is 378 g/mol. The van der Waals surface area contributed by atoms with Crippen molar-refractivity contribution in [2.24, 2.45) is 0 Å². The van der Waals surface area contributed by atoms with Crippen molar-refractivity contribution in [2.75, 3.05) is 0 Å². The Morgan fingerprint density at radius 3 is 2.21 bits per heavy atom. The van der Waals surface area contributed by atoms with E-state index in [1.165, 1.54) is 30.5 Å². The van der Waals surface area contributed by atoms with Gasteiger partial charge >= 0.3 is 0 Å². The van der Waals surface area contributed by atoms with Crippen LogP contribution in [0.5, 0.6) is 0 Å². The van der Waals surface area contributed by atoms with Crippen LogP contribution in [0.3, 0.4) is 0 Å². The first-order chi connectivity index (χ1) is 13.5. The number of pyridine rings is 1. The van der Waals surface area contributed by atoms with Crippen molar-refractivity contribution in [1.29, 1.82) is 0 Å². The monoisotopic (exact) mass is 378 g/mol. The number of hydrogen-bond acceptors (Lipinski definition) is 3. The summed E-state index contributed by atoms with van der Waals surface area (Å²) < 4.78 is 14.3. The van der Waals surface area contributed by atoms with Gasteiger partial charge in [-0.15, -0.1) is 0 Å². The molecule has 1 N–H and O–H groups in total. The number of aromatic nitrogens is 1. The van der Waals surface area contributed by atoms with Crippen LogP contribution >= 0.6 is 0 Å². The summed E-state index contributed by atoms with van der Waals surface area (Å²) in [6.07, 6.45) is 1.39. The molecule has 3 rings (SSSR count). The van der Waals surface area contributed by atoms with Crippen LogP contribution < -0.4 is 10.9 Å². The van der Waals surface area contributed by atoms with E-state index in [0.29, 0.717) is 0 Å². The van der Waals surface area contributed by atoms with Gasteiger partial charge in [-0.25, -0.2) is 4.39 Å². The molecule has 0 aliphatic carbocycles. The topological polar surface area (TPSA) is 68.2 Å². The van der Waals surface area contributed by atoms with Crippen LogP contribution in [-0.4, -0.2) is 16.3 Å². The maximum absolute atomic E-state index is 13.2. The molecule has 28 heavy (non-hydrogen) atoms. The largest absolute Gasteiger partial charge is 0.347 e. The van der Waals surface area contributed by atoms with Gasteiger partial charge in [0.2, 0.25) is 0 Å². The third-order valence-corrected chi connectivity index (χ3v) is 4.41. The Morgan fingerprint density at radius 2 is 1.57 bits per heavy atom. The van der Waals surface area contributed by atoms with Crippen LogP contribution in [0, 0.1) is 5.82 Å². The molecule has 1 amide bonds. The lowest BCUT2D eigenvalue weighted by atomic mass is 10.0. The zero-order valence-electron chi connectivity index (χ0n) is 15.2. The van der Waals surface area contributed by atoms with E-state index in [1.807, 2.05) is 30.3 Å². The van der Waals surface area contributed by atoms with E-state index in [1.54, 1.807) is 13.0 Å². The van der Waals surface area contributed by atoms with Gasteiger partial charge in [0.15, 0.2) is 11.8 Å². The van der Waals surface area contributed by atoms with E-state index in [2.05, 4.69) is 5.32 Å². The molecule has 0 saturated carbocycles. The van der Waals surface area contributed by atoms with Crippen LogP contribution in [-0.2, 0) is 4.79 Å². The molecule has 5 nitrogen and oxygen atoms in total. The Balaban J connectivity index is 1.95. The number of nitrogens with one attached hydrogen (secondary N) is 1. The zero-order valence-corrected chi connectivity index (χ0v) is 15.2. The first-order valence-electron chi connectivity index (χ1n) is 8.79. The van der Waals surface area contributed by atoms with E-state index in [-0.39, 0.29) is 11.6 Å². The summed E-state index contributed by atoms with van der Waals surface area (Å²) in [6.45, 7) is 1.79. The lowest BCUT2D eigenvalue weighted by Gasteiger charge is -2.21. The molecular weight excluding hydrogens is 359 g/mol. The number of ketones is 1. The smallest absolute Gasteiger partial charge is 0.251 e. The number of carbonyl (C=O) groups excluding carboxylic acids is 2. The van der Waals surface area contributed by atoms with Crippen LogP contribution in [0.1, 0.15) is 34.9 Å². The SMILES string of the molecule is C[C@@H](NC(=O)[C@H](C(=O)c1ccc(F)cc1)n1ccccc1=O)c1ccccc1. The number of benzene rings is 2. The standard InChI is InChI=1S/C22H19FN2O3/c1-15(16-7-3-2-4-8-16)24-22(28)20(25-14-6-5-9-19(25)26)21(27)17-10-12-18(23)13-11-17/h2-15,20H,1H3,(H,24,28)/t15-,20+/m1/s1. The molecule has 2 atom stereocenters. The molecule has 3 aromatic rings. The Labute approximate surface area is 161 Å². The quantitative estimate of drug-likeness (QED) is 0.529. The van der Waals surface area contributed by atoms with Gasteiger partial charge in [0.1, 0.15) is 5.82 Å². The van der Waals surface area contributed by atoms with Gasteiger partial charge in [-0.3, -0.25) is 19.0 Å². The lowest BCUT2D eigenvalue weighted by molar-refractivity contribution is -0.123. The minimum Gasteiger partial charge on any atom is -0.347 e. The van der Waals surface area contributed by atoms with E-state index in [9.17, 15) is 18.8 Å². The maximum atomic E-state index is 13.2. The van der Waals surface area contributed by atoms with Crippen molar-refractivity contribution in [1.82, 2.24) is 9.88 Å². The number of carbonyl (C=O) groups is 2. The van der Waals surface area contributed by atoms with E-state index in [0.717, 1.165) is 22.3 Å². The first kappa shape index (κ1) is 19.2. The van der Waals surface area contributed by atoms with Gasteiger partial charge in [0.25, 0.3) is 11.5 Å². The molecule has 1 aromatic heterocycles. The molecule has 0 spiro atoms. The Kier molecular flexibility index (Phi) is 5.79. The van der Waals surface area contributed by atoms with Crippen molar-refractivity contribution in [3.05, 3.63) is 106 Å². The highest BCUT2D eigenvalue weighted by atomic mass is 19.1. The Morgan fingerprint density at radius 1 is 0.929 bits per heavy atom. The highest BCUT2D eigenvalue weighted by molar-refractivity contribution is 6.11. The minimum absolute atomic E-state index is 0.143. The Hall–Kier alpha value is -3.54. The van der Waals surface area contributed by atoms with E-state index < -0.39 is 29.1 Å². The van der Waals surface area contributed by atoms with E-state index >= 15 is 0 Å². The summed E-state index contributed by atoms with van der Waals surface area (Å²) in [6, 6.07) is 16.8. The number of nitrogens with zero attached hydrogens (tertiary/aromatic N) is 1. The zero-order chi connectivity index (χ0) is 20.1.